The number of rotatable bonds is 8. The Kier molecular flexibility index (Phi) is 8.34. The van der Waals surface area contributed by atoms with E-state index in [0.29, 0.717) is 0 Å². The van der Waals surface area contributed by atoms with Gasteiger partial charge in [-0.1, -0.05) is 147 Å². The van der Waals surface area contributed by atoms with E-state index < -0.39 is 0 Å². The van der Waals surface area contributed by atoms with Gasteiger partial charge in [0.15, 0.2) is 0 Å². The topological polar surface area (TPSA) is 20.2 Å². The van der Waals surface area contributed by atoms with Gasteiger partial charge in [-0.05, 0) is 96.6 Å². The van der Waals surface area contributed by atoms with Gasteiger partial charge in [0.05, 0.1) is 0 Å². The van der Waals surface area contributed by atoms with E-state index in [1.807, 2.05) is 54.6 Å². The Labute approximate surface area is 320 Å². The van der Waals surface area contributed by atoms with Gasteiger partial charge in [-0.3, -0.25) is 0 Å². The fourth-order valence-corrected chi connectivity index (χ4v) is 9.71. The van der Waals surface area contributed by atoms with Crippen LogP contribution in [0.4, 0.5) is 0 Å². The maximum atomic E-state index is 11.3. The van der Waals surface area contributed by atoms with Crippen LogP contribution in [0.15, 0.2) is 178 Å². The fourth-order valence-electron chi connectivity index (χ4n) is 8.61. The van der Waals surface area contributed by atoms with E-state index in [1.54, 1.807) is 11.3 Å². The second kappa shape index (κ2) is 13.5. The maximum Gasteiger partial charge on any atom is 0.124 e. The van der Waals surface area contributed by atoms with Gasteiger partial charge in [-0.2, -0.15) is 0 Å². The third kappa shape index (κ3) is 5.22. The molecule has 1 aromatic heterocycles. The molecule has 9 rings (SSSR count). The van der Waals surface area contributed by atoms with Crippen molar-refractivity contribution in [2.45, 2.75) is 0 Å². The Balaban J connectivity index is 1.26. The van der Waals surface area contributed by atoms with Gasteiger partial charge in [-0.25, -0.2) is 0 Å². The lowest BCUT2D eigenvalue weighted by Crippen LogP contribution is -2.14. The van der Waals surface area contributed by atoms with Gasteiger partial charge in [0.2, 0.25) is 0 Å². The van der Waals surface area contributed by atoms with Crippen LogP contribution in [0.3, 0.4) is 0 Å². The standard InChI is InChI=1S/C52H38OS/c1-5-32-18-15-23-41(38(32)6-2)51-40(8-4)39(7-3)48(42-21-12-13-22-43(42)51)37-20-14-19-35(30-37)36-26-28-46-44(31-36)52-47(54-46)29-25-34-24-27-45(53)49(50(34)52)33-16-10-9-11-17-33/h5-32,38,53H,1-4H2. The van der Waals surface area contributed by atoms with Gasteiger partial charge >= 0.3 is 0 Å². The van der Waals surface area contributed by atoms with Crippen molar-refractivity contribution >= 4 is 70.8 Å². The van der Waals surface area contributed by atoms with Crippen LogP contribution in [0, 0.1) is 11.8 Å². The largest absolute Gasteiger partial charge is 0.507 e. The molecule has 258 valence electrons. The molecule has 2 unspecified atom stereocenters. The molecule has 0 saturated carbocycles. The molecule has 0 aliphatic heterocycles. The van der Waals surface area contributed by atoms with E-state index in [4.69, 9.17) is 0 Å². The SMILES string of the molecule is C=Cc1c(C=C)c(-c2cccc(-c3ccc4sc5ccc6ccc(O)c(-c7ccccc7)c6c5c4c3)c2)c2ccccc2c1C1=CC=CC(C=C)C1C=C. The predicted octanol–water partition coefficient (Wildman–Crippen LogP) is 14.9. The summed E-state index contributed by atoms with van der Waals surface area (Å²) in [6.07, 6.45) is 14.5. The summed E-state index contributed by atoms with van der Waals surface area (Å²) in [6, 6.07) is 42.8. The first kappa shape index (κ1) is 33.4. The minimum atomic E-state index is 0.0920. The molecule has 1 heterocycles. The third-order valence-corrected chi connectivity index (χ3v) is 12.2. The molecule has 0 fully saturated rings. The van der Waals surface area contributed by atoms with Gasteiger partial charge in [0, 0.05) is 43.0 Å². The highest BCUT2D eigenvalue weighted by Gasteiger charge is 2.27. The molecule has 1 N–H and O–H groups in total. The quantitative estimate of drug-likeness (QED) is 0.156. The number of fused-ring (bicyclic) bond motifs is 6. The van der Waals surface area contributed by atoms with Crippen molar-refractivity contribution in [1.82, 2.24) is 0 Å². The second-order valence-electron chi connectivity index (χ2n) is 13.9. The summed E-state index contributed by atoms with van der Waals surface area (Å²) < 4.78 is 2.42. The van der Waals surface area contributed by atoms with Crippen LogP contribution in [0.1, 0.15) is 16.7 Å². The fraction of sp³-hybridized carbons (Fsp3) is 0.0385. The lowest BCUT2D eigenvalue weighted by Gasteiger charge is -2.29. The first-order chi connectivity index (χ1) is 26.5. The van der Waals surface area contributed by atoms with Crippen LogP contribution >= 0.6 is 11.3 Å². The summed E-state index contributed by atoms with van der Waals surface area (Å²) in [5.41, 5.74) is 10.9. The highest BCUT2D eigenvalue weighted by molar-refractivity contribution is 7.26. The summed E-state index contributed by atoms with van der Waals surface area (Å²) in [7, 11) is 0. The van der Waals surface area contributed by atoms with E-state index in [2.05, 4.69) is 136 Å². The Morgan fingerprint density at radius 3 is 1.96 bits per heavy atom. The summed E-state index contributed by atoms with van der Waals surface area (Å²) in [6.45, 7) is 17.0. The molecule has 1 aliphatic carbocycles. The van der Waals surface area contributed by atoms with E-state index in [9.17, 15) is 5.11 Å². The number of phenolic OH excluding ortho intramolecular Hbond substituents is 1. The minimum Gasteiger partial charge on any atom is -0.507 e. The zero-order chi connectivity index (χ0) is 36.9. The maximum absolute atomic E-state index is 11.3. The zero-order valence-corrected chi connectivity index (χ0v) is 30.7. The Hall–Kier alpha value is -6.48. The molecule has 0 radical (unpaired) electrons. The Morgan fingerprint density at radius 1 is 0.537 bits per heavy atom. The number of aromatic hydroxyl groups is 1. The molecule has 0 saturated heterocycles. The van der Waals surface area contributed by atoms with Gasteiger partial charge < -0.3 is 5.11 Å². The Morgan fingerprint density at radius 2 is 1.20 bits per heavy atom. The number of hydrogen-bond acceptors (Lipinski definition) is 2. The summed E-state index contributed by atoms with van der Waals surface area (Å²) in [5.74, 6) is 0.541. The van der Waals surface area contributed by atoms with Crippen LogP contribution < -0.4 is 0 Å². The molecule has 2 heteroatoms. The molecule has 8 aromatic rings. The van der Waals surface area contributed by atoms with Gasteiger partial charge in [0.25, 0.3) is 0 Å². The lowest BCUT2D eigenvalue weighted by molar-refractivity contribution is 0.478. The normalized spacial score (nSPS) is 15.4. The van der Waals surface area contributed by atoms with Gasteiger partial charge in [-0.15, -0.1) is 24.5 Å². The monoisotopic (exact) mass is 710 g/mol. The van der Waals surface area contributed by atoms with Crippen LogP contribution in [-0.2, 0) is 0 Å². The number of benzene rings is 7. The van der Waals surface area contributed by atoms with Crippen molar-refractivity contribution in [2.75, 3.05) is 0 Å². The molecule has 0 amide bonds. The molecule has 54 heavy (non-hydrogen) atoms. The Bertz CT molecular complexity index is 2920. The van der Waals surface area contributed by atoms with Crippen molar-refractivity contribution in [1.29, 1.82) is 0 Å². The highest BCUT2D eigenvalue weighted by atomic mass is 32.1. The van der Waals surface area contributed by atoms with Crippen LogP contribution in [-0.4, -0.2) is 5.11 Å². The van der Waals surface area contributed by atoms with E-state index >= 15 is 0 Å². The predicted molar refractivity (Wildman–Crippen MR) is 237 cm³/mol. The molecule has 0 bridgehead atoms. The smallest absolute Gasteiger partial charge is 0.124 e. The first-order valence-corrected chi connectivity index (χ1v) is 19.1. The number of phenols is 1. The van der Waals surface area contributed by atoms with Crippen molar-refractivity contribution < 1.29 is 5.11 Å². The molecule has 0 spiro atoms. The molecular weight excluding hydrogens is 673 g/mol. The van der Waals surface area contributed by atoms with E-state index in [-0.39, 0.29) is 17.6 Å². The average molecular weight is 711 g/mol. The van der Waals surface area contributed by atoms with Crippen molar-refractivity contribution in [3.05, 3.63) is 195 Å². The van der Waals surface area contributed by atoms with E-state index in [1.165, 1.54) is 36.7 Å². The number of thiophene rings is 1. The van der Waals surface area contributed by atoms with Crippen LogP contribution in [0.25, 0.3) is 92.8 Å². The third-order valence-electron chi connectivity index (χ3n) is 11.0. The number of hydrogen-bond donors (Lipinski definition) is 1. The zero-order valence-electron chi connectivity index (χ0n) is 29.9. The first-order valence-electron chi connectivity index (χ1n) is 18.3. The summed E-state index contributed by atoms with van der Waals surface area (Å²) >= 11 is 1.79. The highest BCUT2D eigenvalue weighted by Crippen LogP contribution is 2.48. The second-order valence-corrected chi connectivity index (χ2v) is 15.0. The van der Waals surface area contributed by atoms with Crippen LogP contribution in [0.2, 0.25) is 0 Å². The van der Waals surface area contributed by atoms with Crippen molar-refractivity contribution in [3.8, 4) is 39.1 Å². The lowest BCUT2D eigenvalue weighted by atomic mass is 9.74. The van der Waals surface area contributed by atoms with Crippen molar-refractivity contribution in [2.24, 2.45) is 11.8 Å². The minimum absolute atomic E-state index is 0.0920. The van der Waals surface area contributed by atoms with Gasteiger partial charge in [0.1, 0.15) is 5.75 Å². The molecule has 2 atom stereocenters. The summed E-state index contributed by atoms with van der Waals surface area (Å²) in [4.78, 5) is 0. The van der Waals surface area contributed by atoms with Crippen molar-refractivity contribution in [3.63, 3.8) is 0 Å². The average Bonchev–Trinajstić information content (AvgIpc) is 3.61. The van der Waals surface area contributed by atoms with Crippen LogP contribution in [0.5, 0.6) is 5.75 Å². The molecule has 1 nitrogen and oxygen atoms in total. The molecule has 1 aliphatic rings. The summed E-state index contributed by atoms with van der Waals surface area (Å²) in [5, 5.41) is 18.2. The molecular formula is C52H38OS. The molecule has 7 aromatic carbocycles. The van der Waals surface area contributed by atoms with E-state index in [0.717, 1.165) is 60.7 Å². The number of allylic oxidation sites excluding steroid dienone is 6.